The molecule has 2 N–H and O–H groups in total. The summed E-state index contributed by atoms with van der Waals surface area (Å²) in [4.78, 5) is 57.6. The zero-order valence-electron chi connectivity index (χ0n) is 34.6. The van der Waals surface area contributed by atoms with Crippen LogP contribution in [0, 0.1) is 0 Å². The monoisotopic (exact) mass is 844 g/mol. The van der Waals surface area contributed by atoms with Crippen molar-refractivity contribution in [2.24, 2.45) is 14.1 Å². The maximum absolute atomic E-state index is 15.9. The predicted octanol–water partition coefficient (Wildman–Crippen LogP) is 4.86. The molecule has 0 spiro atoms. The first kappa shape index (κ1) is 41.3. The van der Waals surface area contributed by atoms with Gasteiger partial charge in [-0.25, -0.2) is 8.78 Å². The molecule has 3 aliphatic rings. The molecule has 0 saturated carbocycles. The van der Waals surface area contributed by atoms with E-state index in [4.69, 9.17) is 9.47 Å². The Labute approximate surface area is 350 Å². The summed E-state index contributed by atoms with van der Waals surface area (Å²) in [5, 5.41) is 10.9. The van der Waals surface area contributed by atoms with Crippen molar-refractivity contribution in [2.45, 2.75) is 62.6 Å². The molecule has 0 aliphatic carbocycles. The van der Waals surface area contributed by atoms with Crippen molar-refractivity contribution < 1.29 is 32.6 Å². The van der Waals surface area contributed by atoms with Gasteiger partial charge in [0.1, 0.15) is 11.5 Å². The number of piperidine rings is 3. The number of thiophene rings is 1. The number of fused-ring (bicyclic) bond motifs is 2. The molecule has 2 aromatic carbocycles. The second-order valence-electron chi connectivity index (χ2n) is 16.4. The lowest BCUT2D eigenvalue weighted by atomic mass is 9.92. The first-order valence-electron chi connectivity index (χ1n) is 20.2. The summed E-state index contributed by atoms with van der Waals surface area (Å²) in [5.41, 5.74) is 4.51. The first-order chi connectivity index (χ1) is 28.6. The number of aromatic nitrogens is 3. The topological polar surface area (TPSA) is 143 Å². The molecule has 5 aromatic rings. The number of hydrogen-bond acceptors (Lipinski definition) is 11. The lowest BCUT2D eigenvalue weighted by Gasteiger charge is -2.45. The third-order valence-corrected chi connectivity index (χ3v) is 13.3. The van der Waals surface area contributed by atoms with E-state index < -0.39 is 30.3 Å². The number of ether oxygens (including phenoxy) is 2. The molecule has 3 aliphatic heterocycles. The molecule has 60 heavy (non-hydrogen) atoms. The minimum absolute atomic E-state index is 0.0326. The number of pyridine rings is 1. The van der Waals surface area contributed by atoms with Gasteiger partial charge in [0, 0.05) is 80.3 Å². The third kappa shape index (κ3) is 7.73. The fourth-order valence-electron chi connectivity index (χ4n) is 9.04. The van der Waals surface area contributed by atoms with Crippen LogP contribution >= 0.6 is 11.3 Å². The van der Waals surface area contributed by atoms with E-state index in [1.807, 2.05) is 61.3 Å². The molecular weight excluding hydrogens is 795 g/mol. The van der Waals surface area contributed by atoms with Crippen LogP contribution in [0.5, 0.6) is 11.5 Å². The normalized spacial score (nSPS) is 20.2. The number of hydrogen-bond donors (Lipinski definition) is 2. The average Bonchev–Trinajstić information content (AvgIpc) is 3.81. The van der Waals surface area contributed by atoms with Crippen molar-refractivity contribution in [1.82, 2.24) is 34.8 Å². The number of imide groups is 1. The van der Waals surface area contributed by atoms with Gasteiger partial charge in [-0.15, -0.1) is 11.3 Å². The number of amides is 3. The molecule has 14 nitrogen and oxygen atoms in total. The summed E-state index contributed by atoms with van der Waals surface area (Å²) in [6, 6.07) is 9.89. The number of carbonyl (C=O) groups excluding carboxylic acids is 3. The molecule has 3 saturated heterocycles. The Morgan fingerprint density at radius 3 is 2.35 bits per heavy atom. The molecule has 0 bridgehead atoms. The number of nitrogens with zero attached hydrogens (tertiary/aromatic N) is 6. The first-order valence-corrected chi connectivity index (χ1v) is 21.0. The van der Waals surface area contributed by atoms with Crippen LogP contribution in [0.15, 0.2) is 47.4 Å². The minimum Gasteiger partial charge on any atom is -0.496 e. The largest absolute Gasteiger partial charge is 0.496 e. The summed E-state index contributed by atoms with van der Waals surface area (Å²) in [7, 11) is 10.5. The molecule has 3 aromatic heterocycles. The number of aryl methyl sites for hydroxylation is 2. The molecular formula is C43H50F2N8O6S. The Morgan fingerprint density at radius 1 is 0.983 bits per heavy atom. The number of benzene rings is 2. The number of methoxy groups -OCH3 is 2. The van der Waals surface area contributed by atoms with Gasteiger partial charge in [-0.1, -0.05) is 0 Å². The van der Waals surface area contributed by atoms with Gasteiger partial charge in [-0.2, -0.15) is 5.10 Å². The van der Waals surface area contributed by atoms with Gasteiger partial charge >= 0.3 is 0 Å². The maximum Gasteiger partial charge on any atom is 0.280 e. The van der Waals surface area contributed by atoms with Crippen LogP contribution in [-0.4, -0.2) is 114 Å². The van der Waals surface area contributed by atoms with Gasteiger partial charge < -0.3 is 29.2 Å². The highest BCUT2D eigenvalue weighted by Gasteiger charge is 2.47. The van der Waals surface area contributed by atoms with Crippen LogP contribution in [-0.2, 0) is 30.2 Å². The SMILES string of the molecule is COc1cc(-c2cn(C)c(=O)c3cc(C(=O)NC4CCN(C5CCN(c6ccc7c(C8CCC(=O)NC8=O)nn(C)c7c6)CC5)CC4(F)F)sc23)cc(OC)c1CN(C)C. The quantitative estimate of drug-likeness (QED) is 0.187. The van der Waals surface area contributed by atoms with Gasteiger partial charge in [0.2, 0.25) is 11.8 Å². The zero-order chi connectivity index (χ0) is 42.6. The second-order valence-corrected chi connectivity index (χ2v) is 17.4. The maximum atomic E-state index is 15.9. The smallest absolute Gasteiger partial charge is 0.280 e. The lowest BCUT2D eigenvalue weighted by Crippen LogP contribution is -2.61. The highest BCUT2D eigenvalue weighted by molar-refractivity contribution is 7.21. The van der Waals surface area contributed by atoms with Crippen LogP contribution in [0.2, 0.25) is 0 Å². The predicted molar refractivity (Wildman–Crippen MR) is 226 cm³/mol. The standard InChI is InChI=1S/C43H50F2N8O6S/c1-49(2)21-31-33(58-5)17-24(18-34(31)59-6)30-22-50(3)42(57)29-20-35(60-39(29)30)41(56)46-36-13-16-53(23-43(36,44)45)25-11-14-52(15-12-25)26-7-8-27-32(19-26)51(4)48-38(27)28-9-10-37(54)47-40(28)55/h7-8,17-20,22,25,28,36H,9-16,21,23H2,1-6H3,(H,46,56)(H,47,54,55). The van der Waals surface area contributed by atoms with E-state index in [1.165, 1.54) is 10.6 Å². The van der Waals surface area contributed by atoms with E-state index in [-0.39, 0.29) is 41.1 Å². The Hall–Kier alpha value is -5.39. The lowest BCUT2D eigenvalue weighted by molar-refractivity contribution is -0.134. The number of halogens is 2. The van der Waals surface area contributed by atoms with E-state index >= 15 is 8.78 Å². The van der Waals surface area contributed by atoms with Crippen molar-refractivity contribution in [1.29, 1.82) is 0 Å². The van der Waals surface area contributed by atoms with Crippen LogP contribution < -0.4 is 30.6 Å². The Bertz CT molecular complexity index is 2530. The number of alkyl halides is 2. The Balaban J connectivity index is 0.929. The summed E-state index contributed by atoms with van der Waals surface area (Å²) >= 11 is 1.10. The van der Waals surface area contributed by atoms with E-state index in [0.717, 1.165) is 39.1 Å². The van der Waals surface area contributed by atoms with Gasteiger partial charge in [0.15, 0.2) is 0 Å². The molecule has 8 rings (SSSR count). The number of nitrogens with one attached hydrogen (secondary N) is 2. The van der Waals surface area contributed by atoms with E-state index in [9.17, 15) is 19.2 Å². The fourth-order valence-corrected chi connectivity index (χ4v) is 10.1. The van der Waals surface area contributed by atoms with E-state index in [2.05, 4.69) is 20.6 Å². The van der Waals surface area contributed by atoms with Crippen molar-refractivity contribution in [2.75, 3.05) is 59.4 Å². The van der Waals surface area contributed by atoms with E-state index in [0.29, 0.717) is 78.3 Å². The van der Waals surface area contributed by atoms with Gasteiger partial charge in [-0.05, 0) is 81.7 Å². The van der Waals surface area contributed by atoms with Gasteiger partial charge in [0.05, 0.1) is 59.8 Å². The van der Waals surface area contributed by atoms with Crippen LogP contribution in [0.25, 0.3) is 32.1 Å². The number of anilines is 1. The van der Waals surface area contributed by atoms with Crippen LogP contribution in [0.1, 0.15) is 59.0 Å². The third-order valence-electron chi connectivity index (χ3n) is 12.2. The molecule has 2 atom stereocenters. The molecule has 0 radical (unpaired) electrons. The van der Waals surface area contributed by atoms with Crippen molar-refractivity contribution >= 4 is 55.7 Å². The van der Waals surface area contributed by atoms with E-state index in [1.54, 1.807) is 32.1 Å². The average molecular weight is 845 g/mol. The molecule has 6 heterocycles. The molecule has 318 valence electrons. The molecule has 17 heteroatoms. The van der Waals surface area contributed by atoms with Crippen LogP contribution in [0.4, 0.5) is 14.5 Å². The van der Waals surface area contributed by atoms with Gasteiger partial charge in [0.25, 0.3) is 17.4 Å². The zero-order valence-corrected chi connectivity index (χ0v) is 35.5. The summed E-state index contributed by atoms with van der Waals surface area (Å²) < 4.78 is 47.1. The highest BCUT2D eigenvalue weighted by Crippen LogP contribution is 2.41. The number of carbonyl (C=O) groups is 3. The van der Waals surface area contributed by atoms with Gasteiger partial charge in [-0.3, -0.25) is 34.1 Å². The minimum atomic E-state index is -3.17. The fraction of sp³-hybridized carbons (Fsp3) is 0.465. The number of likely N-dealkylation sites (tertiary alicyclic amines) is 1. The second kappa shape index (κ2) is 16.2. The summed E-state index contributed by atoms with van der Waals surface area (Å²) in [6.07, 6.45) is 3.89. The molecule has 3 amide bonds. The Morgan fingerprint density at radius 2 is 1.70 bits per heavy atom. The van der Waals surface area contributed by atoms with Crippen molar-refractivity contribution in [3.05, 3.63) is 69.1 Å². The van der Waals surface area contributed by atoms with Crippen LogP contribution in [0.3, 0.4) is 0 Å². The molecule has 2 unspecified atom stereocenters. The highest BCUT2D eigenvalue weighted by atomic mass is 32.1. The summed E-state index contributed by atoms with van der Waals surface area (Å²) in [6.45, 7) is 1.90. The Kier molecular flexibility index (Phi) is 11.2. The molecule has 3 fully saturated rings. The van der Waals surface area contributed by atoms with Crippen molar-refractivity contribution in [3.8, 4) is 22.6 Å². The number of rotatable bonds is 10. The summed E-state index contributed by atoms with van der Waals surface area (Å²) in [5.74, 6) is -3.66. The van der Waals surface area contributed by atoms with Crippen molar-refractivity contribution in [3.63, 3.8) is 0 Å².